The van der Waals surface area contributed by atoms with E-state index in [4.69, 9.17) is 4.74 Å². The minimum atomic E-state index is -3.90. The van der Waals surface area contributed by atoms with Crippen molar-refractivity contribution in [1.82, 2.24) is 9.71 Å². The number of ether oxygens (including phenoxy) is 1. The van der Waals surface area contributed by atoms with E-state index in [1.165, 1.54) is 31.6 Å². The number of methoxy groups -OCH3 is 1. The zero-order valence-electron chi connectivity index (χ0n) is 17.2. The first-order chi connectivity index (χ1) is 14.7. The highest BCUT2D eigenvalue weighted by molar-refractivity contribution is 7.92. The highest BCUT2D eigenvalue weighted by Gasteiger charge is 2.30. The van der Waals surface area contributed by atoms with Crippen molar-refractivity contribution >= 4 is 19.9 Å². The smallest absolute Gasteiger partial charge is 0.215 e. The molecule has 2 aromatic carbocycles. The second-order valence-corrected chi connectivity index (χ2v) is 11.0. The number of nitrogens with zero attached hydrogens (tertiary/aromatic N) is 1. The quantitative estimate of drug-likeness (QED) is 0.527. The molecule has 7 nitrogen and oxygen atoms in total. The average molecular weight is 461 g/mol. The van der Waals surface area contributed by atoms with E-state index < -0.39 is 25.1 Å². The maximum atomic E-state index is 13.3. The first kappa shape index (κ1) is 22.9. The predicted octanol–water partition coefficient (Wildman–Crippen LogP) is 3.03. The van der Waals surface area contributed by atoms with E-state index >= 15 is 0 Å². The van der Waals surface area contributed by atoms with Crippen LogP contribution < -0.4 is 9.46 Å². The van der Waals surface area contributed by atoms with Gasteiger partial charge in [0.1, 0.15) is 11.0 Å². The van der Waals surface area contributed by atoms with Crippen LogP contribution in [0.3, 0.4) is 0 Å². The van der Waals surface area contributed by atoms with Crippen LogP contribution in [0.4, 0.5) is 0 Å². The van der Waals surface area contributed by atoms with Crippen molar-refractivity contribution in [1.29, 1.82) is 0 Å². The molecule has 1 aromatic heterocycles. The number of pyridine rings is 1. The van der Waals surface area contributed by atoms with Crippen LogP contribution in [-0.2, 0) is 25.6 Å². The van der Waals surface area contributed by atoms with Crippen LogP contribution in [0.2, 0.25) is 0 Å². The van der Waals surface area contributed by atoms with Gasteiger partial charge in [0, 0.05) is 18.9 Å². The summed E-state index contributed by atoms with van der Waals surface area (Å²) >= 11 is 0. The summed E-state index contributed by atoms with van der Waals surface area (Å²) in [6.07, 6.45) is 2.96. The number of benzene rings is 2. The Labute approximate surface area is 183 Å². The van der Waals surface area contributed by atoms with Crippen molar-refractivity contribution < 1.29 is 21.6 Å². The van der Waals surface area contributed by atoms with E-state index in [9.17, 15) is 16.8 Å². The lowest BCUT2D eigenvalue weighted by molar-refractivity contribution is 0.414. The Morgan fingerprint density at radius 2 is 1.65 bits per heavy atom. The number of aryl methyl sites for hydroxylation is 1. The van der Waals surface area contributed by atoms with Crippen molar-refractivity contribution in [3.63, 3.8) is 0 Å². The Kier molecular flexibility index (Phi) is 7.09. The van der Waals surface area contributed by atoms with Crippen molar-refractivity contribution in [3.05, 3.63) is 89.7 Å². The van der Waals surface area contributed by atoms with Gasteiger partial charge in [0.15, 0.2) is 9.84 Å². The summed E-state index contributed by atoms with van der Waals surface area (Å²) in [5.41, 5.74) is 2.04. The Morgan fingerprint density at radius 3 is 2.23 bits per heavy atom. The largest absolute Gasteiger partial charge is 0.497 e. The number of sulfonamides is 1. The zero-order chi connectivity index (χ0) is 22.5. The van der Waals surface area contributed by atoms with Crippen LogP contribution >= 0.6 is 0 Å². The molecule has 3 rings (SSSR count). The molecule has 0 spiro atoms. The van der Waals surface area contributed by atoms with Gasteiger partial charge in [-0.3, -0.25) is 4.98 Å². The monoisotopic (exact) mass is 460 g/mol. The highest BCUT2D eigenvalue weighted by atomic mass is 32.2. The molecular weight excluding hydrogens is 436 g/mol. The molecule has 9 heteroatoms. The van der Waals surface area contributed by atoms with Gasteiger partial charge in [-0.2, -0.15) is 0 Å². The van der Waals surface area contributed by atoms with Crippen LogP contribution in [0.5, 0.6) is 5.75 Å². The standard InChI is InChI=1S/C22H24N2O5S2/c1-17-5-7-18(8-6-17)16-30(25,26)24-15-22(19-4-3-13-23-14-19)31(27,28)21-11-9-20(29-2)10-12-21/h3-14,22,24H,15-16H2,1-2H3. The van der Waals surface area contributed by atoms with Gasteiger partial charge in [0.05, 0.1) is 17.8 Å². The van der Waals surface area contributed by atoms with Crippen LogP contribution in [-0.4, -0.2) is 35.5 Å². The molecule has 0 saturated carbocycles. The lowest BCUT2D eigenvalue weighted by Gasteiger charge is -2.19. The summed E-state index contributed by atoms with van der Waals surface area (Å²) in [5.74, 6) is 0.283. The molecule has 0 amide bonds. The molecule has 0 aliphatic rings. The summed E-state index contributed by atoms with van der Waals surface area (Å²) in [6.45, 7) is 1.60. The molecule has 0 saturated heterocycles. The van der Waals surface area contributed by atoms with Gasteiger partial charge in [-0.05, 0) is 48.4 Å². The van der Waals surface area contributed by atoms with Crippen molar-refractivity contribution in [2.45, 2.75) is 22.8 Å². The van der Waals surface area contributed by atoms with E-state index in [1.54, 1.807) is 36.4 Å². The van der Waals surface area contributed by atoms with Crippen molar-refractivity contribution in [2.24, 2.45) is 0 Å². The van der Waals surface area contributed by atoms with Gasteiger partial charge in [-0.15, -0.1) is 0 Å². The molecule has 0 fully saturated rings. The van der Waals surface area contributed by atoms with Gasteiger partial charge in [0.25, 0.3) is 0 Å². The van der Waals surface area contributed by atoms with Gasteiger partial charge in [0.2, 0.25) is 10.0 Å². The molecule has 3 aromatic rings. The number of hydrogen-bond donors (Lipinski definition) is 1. The molecule has 1 heterocycles. The van der Waals surface area contributed by atoms with Gasteiger partial charge in [-0.25, -0.2) is 21.6 Å². The maximum absolute atomic E-state index is 13.3. The van der Waals surface area contributed by atoms with Crippen molar-refractivity contribution in [3.8, 4) is 5.75 Å². The van der Waals surface area contributed by atoms with E-state index in [2.05, 4.69) is 9.71 Å². The Bertz CT molecular complexity index is 1210. The fourth-order valence-electron chi connectivity index (χ4n) is 3.06. The summed E-state index contributed by atoms with van der Waals surface area (Å²) in [7, 11) is -6.17. The third-order valence-corrected chi connectivity index (χ3v) is 8.22. The molecule has 1 N–H and O–H groups in total. The molecule has 0 radical (unpaired) electrons. The fraction of sp³-hybridized carbons (Fsp3) is 0.227. The predicted molar refractivity (Wildman–Crippen MR) is 119 cm³/mol. The third-order valence-electron chi connectivity index (χ3n) is 4.78. The molecule has 1 unspecified atom stereocenters. The van der Waals surface area contributed by atoms with Crippen molar-refractivity contribution in [2.75, 3.05) is 13.7 Å². The van der Waals surface area contributed by atoms with Crippen LogP contribution in [0.15, 0.2) is 78.0 Å². The zero-order valence-corrected chi connectivity index (χ0v) is 18.9. The average Bonchev–Trinajstić information content (AvgIpc) is 2.76. The lowest BCUT2D eigenvalue weighted by atomic mass is 10.2. The number of sulfone groups is 1. The second kappa shape index (κ2) is 9.59. The molecule has 1 atom stereocenters. The molecule has 0 bridgehead atoms. The lowest BCUT2D eigenvalue weighted by Crippen LogP contribution is -2.32. The van der Waals surface area contributed by atoms with Crippen LogP contribution in [0.1, 0.15) is 21.9 Å². The molecule has 0 aliphatic carbocycles. The van der Waals surface area contributed by atoms with E-state index in [1.807, 2.05) is 19.1 Å². The van der Waals surface area contributed by atoms with E-state index in [0.29, 0.717) is 16.9 Å². The Morgan fingerprint density at radius 1 is 0.968 bits per heavy atom. The normalized spacial score (nSPS) is 13.0. The Balaban J connectivity index is 1.86. The van der Waals surface area contributed by atoms with Gasteiger partial charge in [-0.1, -0.05) is 35.9 Å². The second-order valence-electron chi connectivity index (χ2n) is 7.09. The fourth-order valence-corrected chi connectivity index (χ4v) is 5.96. The first-order valence-corrected chi connectivity index (χ1v) is 12.7. The van der Waals surface area contributed by atoms with E-state index in [-0.39, 0.29) is 17.2 Å². The molecule has 0 aliphatic heterocycles. The van der Waals surface area contributed by atoms with Crippen LogP contribution in [0, 0.1) is 6.92 Å². The van der Waals surface area contributed by atoms with Gasteiger partial charge >= 0.3 is 0 Å². The SMILES string of the molecule is COc1ccc(S(=O)(=O)C(CNS(=O)(=O)Cc2ccc(C)cc2)c2cccnc2)cc1. The maximum Gasteiger partial charge on any atom is 0.215 e. The number of hydrogen-bond acceptors (Lipinski definition) is 6. The van der Waals surface area contributed by atoms with Crippen LogP contribution in [0.25, 0.3) is 0 Å². The molecular formula is C22H24N2O5S2. The van der Waals surface area contributed by atoms with E-state index in [0.717, 1.165) is 5.56 Å². The summed E-state index contributed by atoms with van der Waals surface area (Å²) in [5, 5.41) is -1.14. The van der Waals surface area contributed by atoms with Gasteiger partial charge < -0.3 is 4.74 Å². The third kappa shape index (κ3) is 5.90. The minimum Gasteiger partial charge on any atom is -0.497 e. The highest BCUT2D eigenvalue weighted by Crippen LogP contribution is 2.29. The summed E-state index contributed by atoms with van der Waals surface area (Å²) in [6, 6.07) is 16.4. The Hall–Kier alpha value is -2.75. The first-order valence-electron chi connectivity index (χ1n) is 9.52. The minimum absolute atomic E-state index is 0.0693. The molecule has 31 heavy (non-hydrogen) atoms. The number of nitrogens with one attached hydrogen (secondary N) is 1. The summed E-state index contributed by atoms with van der Waals surface area (Å²) in [4.78, 5) is 4.07. The number of aromatic nitrogens is 1. The topological polar surface area (TPSA) is 102 Å². The summed E-state index contributed by atoms with van der Waals surface area (Å²) < 4.78 is 59.5. The molecule has 164 valence electrons. The number of rotatable bonds is 9.